The van der Waals surface area contributed by atoms with E-state index in [-0.39, 0.29) is 0 Å². The van der Waals surface area contributed by atoms with Crippen LogP contribution < -0.4 is 5.32 Å². The maximum absolute atomic E-state index is 3.59. The topological polar surface area (TPSA) is 12.0 Å². The van der Waals surface area contributed by atoms with Gasteiger partial charge in [0.05, 0.1) is 0 Å². The Morgan fingerprint density at radius 3 is 2.63 bits per heavy atom. The average molecular weight is 338 g/mol. The standard InChI is InChI=1S/C16H20BrNS/c1-11-8-14(5-7-16(11)17)10-18-12(2)9-15-6-4-13(3)19-15/h4-8,12,18H,9-10H2,1-3H3. The van der Waals surface area contributed by atoms with E-state index < -0.39 is 0 Å². The van der Waals surface area contributed by atoms with Crippen LogP contribution in [0.2, 0.25) is 0 Å². The first-order valence-corrected chi connectivity index (χ1v) is 8.19. The van der Waals surface area contributed by atoms with Crippen LogP contribution in [0.3, 0.4) is 0 Å². The number of halogens is 1. The Morgan fingerprint density at radius 1 is 1.21 bits per heavy atom. The van der Waals surface area contributed by atoms with Crippen LogP contribution >= 0.6 is 27.3 Å². The number of rotatable bonds is 5. The Labute approximate surface area is 128 Å². The van der Waals surface area contributed by atoms with Gasteiger partial charge in [-0.15, -0.1) is 11.3 Å². The molecule has 102 valence electrons. The summed E-state index contributed by atoms with van der Waals surface area (Å²) in [6.07, 6.45) is 1.11. The summed E-state index contributed by atoms with van der Waals surface area (Å²) in [5.41, 5.74) is 2.63. The van der Waals surface area contributed by atoms with Gasteiger partial charge in [0.15, 0.2) is 0 Å². The summed E-state index contributed by atoms with van der Waals surface area (Å²) in [5.74, 6) is 0. The molecule has 1 nitrogen and oxygen atoms in total. The number of benzene rings is 1. The minimum Gasteiger partial charge on any atom is -0.310 e. The van der Waals surface area contributed by atoms with Gasteiger partial charge in [-0.3, -0.25) is 0 Å². The molecule has 1 N–H and O–H groups in total. The number of hydrogen-bond donors (Lipinski definition) is 1. The maximum atomic E-state index is 3.59. The van der Waals surface area contributed by atoms with Crippen molar-refractivity contribution >= 4 is 27.3 Å². The molecule has 1 heterocycles. The molecule has 0 fully saturated rings. The van der Waals surface area contributed by atoms with Crippen LogP contribution in [0.4, 0.5) is 0 Å². The van der Waals surface area contributed by atoms with Crippen LogP contribution in [-0.4, -0.2) is 6.04 Å². The smallest absolute Gasteiger partial charge is 0.0208 e. The van der Waals surface area contributed by atoms with Gasteiger partial charge in [-0.1, -0.05) is 28.1 Å². The van der Waals surface area contributed by atoms with E-state index in [4.69, 9.17) is 0 Å². The van der Waals surface area contributed by atoms with Crippen molar-refractivity contribution in [3.05, 3.63) is 55.7 Å². The van der Waals surface area contributed by atoms with Crippen molar-refractivity contribution in [1.82, 2.24) is 5.32 Å². The molecule has 2 rings (SSSR count). The number of thiophene rings is 1. The van der Waals surface area contributed by atoms with Crippen LogP contribution in [0.15, 0.2) is 34.8 Å². The van der Waals surface area contributed by atoms with Crippen LogP contribution in [0.25, 0.3) is 0 Å². The molecule has 0 bridgehead atoms. The summed E-state index contributed by atoms with van der Waals surface area (Å²) >= 11 is 5.43. The van der Waals surface area contributed by atoms with Gasteiger partial charge in [-0.2, -0.15) is 0 Å². The molecule has 1 aromatic heterocycles. The zero-order valence-electron chi connectivity index (χ0n) is 11.7. The lowest BCUT2D eigenvalue weighted by molar-refractivity contribution is 0.548. The first-order valence-electron chi connectivity index (χ1n) is 6.58. The van der Waals surface area contributed by atoms with Crippen molar-refractivity contribution in [3.8, 4) is 0 Å². The summed E-state index contributed by atoms with van der Waals surface area (Å²) in [6.45, 7) is 7.47. The predicted octanol–water partition coefficient (Wildman–Crippen LogP) is 4.85. The van der Waals surface area contributed by atoms with Crippen molar-refractivity contribution in [2.45, 2.75) is 39.8 Å². The lowest BCUT2D eigenvalue weighted by atomic mass is 10.1. The third kappa shape index (κ3) is 4.44. The van der Waals surface area contributed by atoms with Gasteiger partial charge >= 0.3 is 0 Å². The molecule has 2 aromatic rings. The summed E-state index contributed by atoms with van der Waals surface area (Å²) in [4.78, 5) is 2.86. The van der Waals surface area contributed by atoms with Crippen LogP contribution in [0, 0.1) is 13.8 Å². The molecule has 0 spiro atoms. The molecule has 0 radical (unpaired) electrons. The fourth-order valence-electron chi connectivity index (χ4n) is 2.08. The van der Waals surface area contributed by atoms with Crippen molar-refractivity contribution in [2.24, 2.45) is 0 Å². The highest BCUT2D eigenvalue weighted by molar-refractivity contribution is 9.10. The van der Waals surface area contributed by atoms with Crippen LogP contribution in [-0.2, 0) is 13.0 Å². The molecule has 1 atom stereocenters. The number of aryl methyl sites for hydroxylation is 2. The molecule has 0 aliphatic heterocycles. The Bertz CT molecular complexity index is 547. The third-order valence-electron chi connectivity index (χ3n) is 3.18. The zero-order valence-corrected chi connectivity index (χ0v) is 14.1. The molecule has 3 heteroatoms. The first-order chi connectivity index (χ1) is 9.04. The lowest BCUT2D eigenvalue weighted by Gasteiger charge is -2.13. The molecular formula is C16H20BrNS. The average Bonchev–Trinajstić information content (AvgIpc) is 2.76. The Morgan fingerprint density at radius 2 is 2.00 bits per heavy atom. The molecule has 1 aromatic carbocycles. The molecule has 0 saturated heterocycles. The Kier molecular flexibility index (Phi) is 5.20. The molecule has 0 aliphatic carbocycles. The Balaban J connectivity index is 1.86. The fraction of sp³-hybridized carbons (Fsp3) is 0.375. The molecule has 19 heavy (non-hydrogen) atoms. The largest absolute Gasteiger partial charge is 0.310 e. The van der Waals surface area contributed by atoms with E-state index >= 15 is 0 Å². The SMILES string of the molecule is Cc1ccc(CC(C)NCc2ccc(Br)c(C)c2)s1. The number of nitrogens with one attached hydrogen (secondary N) is 1. The van der Waals surface area contributed by atoms with E-state index in [0.717, 1.165) is 13.0 Å². The first kappa shape index (κ1) is 14.8. The lowest BCUT2D eigenvalue weighted by Crippen LogP contribution is -2.27. The Hall–Kier alpha value is -0.640. The van der Waals surface area contributed by atoms with Gasteiger partial charge in [0.1, 0.15) is 0 Å². The van der Waals surface area contributed by atoms with E-state index in [0.29, 0.717) is 6.04 Å². The van der Waals surface area contributed by atoms with Gasteiger partial charge in [-0.05, 0) is 56.5 Å². The maximum Gasteiger partial charge on any atom is 0.0208 e. The van der Waals surface area contributed by atoms with Crippen molar-refractivity contribution in [1.29, 1.82) is 0 Å². The summed E-state index contributed by atoms with van der Waals surface area (Å²) in [5, 5.41) is 3.59. The third-order valence-corrected chi connectivity index (χ3v) is 5.09. The molecular weight excluding hydrogens is 318 g/mol. The second kappa shape index (κ2) is 6.69. The van der Waals surface area contributed by atoms with Crippen molar-refractivity contribution in [2.75, 3.05) is 0 Å². The quantitative estimate of drug-likeness (QED) is 0.822. The molecule has 0 aliphatic rings. The number of hydrogen-bond acceptors (Lipinski definition) is 2. The van der Waals surface area contributed by atoms with Crippen molar-refractivity contribution in [3.63, 3.8) is 0 Å². The van der Waals surface area contributed by atoms with Gasteiger partial charge in [0.2, 0.25) is 0 Å². The zero-order chi connectivity index (χ0) is 13.8. The molecule has 1 unspecified atom stereocenters. The molecule has 0 saturated carbocycles. The van der Waals surface area contributed by atoms with Crippen LogP contribution in [0.5, 0.6) is 0 Å². The highest BCUT2D eigenvalue weighted by atomic mass is 79.9. The van der Waals surface area contributed by atoms with Crippen LogP contribution in [0.1, 0.15) is 27.8 Å². The van der Waals surface area contributed by atoms with Gasteiger partial charge in [0.25, 0.3) is 0 Å². The summed E-state index contributed by atoms with van der Waals surface area (Å²) < 4.78 is 1.18. The molecule has 0 amide bonds. The van der Waals surface area contributed by atoms with Gasteiger partial charge in [0, 0.05) is 26.8 Å². The van der Waals surface area contributed by atoms with Gasteiger partial charge < -0.3 is 5.32 Å². The predicted molar refractivity (Wildman–Crippen MR) is 87.9 cm³/mol. The second-order valence-corrected chi connectivity index (χ2v) is 7.31. The van der Waals surface area contributed by atoms with Crippen molar-refractivity contribution < 1.29 is 0 Å². The van der Waals surface area contributed by atoms with Gasteiger partial charge in [-0.25, -0.2) is 0 Å². The van der Waals surface area contributed by atoms with E-state index in [2.05, 4.69) is 72.3 Å². The highest BCUT2D eigenvalue weighted by Gasteiger charge is 2.05. The summed E-state index contributed by atoms with van der Waals surface area (Å²) in [7, 11) is 0. The minimum atomic E-state index is 0.502. The minimum absolute atomic E-state index is 0.502. The normalized spacial score (nSPS) is 12.6. The monoisotopic (exact) mass is 337 g/mol. The van der Waals surface area contributed by atoms with E-state index in [1.165, 1.54) is 25.4 Å². The van der Waals surface area contributed by atoms with E-state index in [1.54, 1.807) is 0 Å². The fourth-order valence-corrected chi connectivity index (χ4v) is 3.34. The van der Waals surface area contributed by atoms with E-state index in [9.17, 15) is 0 Å². The summed E-state index contributed by atoms with van der Waals surface area (Å²) in [6, 6.07) is 11.5. The second-order valence-electron chi connectivity index (χ2n) is 5.08. The highest BCUT2D eigenvalue weighted by Crippen LogP contribution is 2.18. The van der Waals surface area contributed by atoms with E-state index in [1.807, 2.05) is 11.3 Å².